The van der Waals surface area contributed by atoms with Crippen LogP contribution in [-0.2, 0) is 0 Å². The second-order valence-electron chi connectivity index (χ2n) is 6.23. The van der Waals surface area contributed by atoms with Crippen LogP contribution in [0.4, 0.5) is 0 Å². The average Bonchev–Trinajstić information content (AvgIpc) is 2.99. The summed E-state index contributed by atoms with van der Waals surface area (Å²) in [5.41, 5.74) is 0.633. The highest BCUT2D eigenvalue weighted by molar-refractivity contribution is 9.10. The second-order valence-corrected chi connectivity index (χ2v) is 7.55. The molecule has 1 unspecified atom stereocenters. The predicted octanol–water partition coefficient (Wildman–Crippen LogP) is 5.29. The van der Waals surface area contributed by atoms with E-state index in [1.165, 1.54) is 32.1 Å². The van der Waals surface area contributed by atoms with Crippen LogP contribution >= 0.6 is 27.5 Å². The Hall–Kier alpha value is -0.540. The first-order valence-electron chi connectivity index (χ1n) is 7.93. The molecule has 1 aromatic rings. The summed E-state index contributed by atoms with van der Waals surface area (Å²) in [5.74, 6) is 0.797. The van der Waals surface area contributed by atoms with E-state index in [-0.39, 0.29) is 5.91 Å². The molecule has 0 bridgehead atoms. The Morgan fingerprint density at radius 2 is 1.90 bits per heavy atom. The van der Waals surface area contributed by atoms with Crippen LogP contribution in [0.15, 0.2) is 22.7 Å². The second kappa shape index (κ2) is 6.70. The van der Waals surface area contributed by atoms with Crippen molar-refractivity contribution in [3.8, 4) is 0 Å². The molecule has 1 aliphatic carbocycles. The standard InChI is InChI=1S/C17H21BrClNO/c18-13-8-9-15(19)14(11-13)17(21)20-10-4-7-16(20)12-5-2-1-3-6-12/h8-9,11-12,16H,1-7,10H2. The molecule has 1 saturated carbocycles. The average molecular weight is 371 g/mol. The van der Waals surface area contributed by atoms with Crippen LogP contribution in [0, 0.1) is 5.92 Å². The van der Waals surface area contributed by atoms with Crippen molar-refractivity contribution in [1.82, 2.24) is 4.90 Å². The third-order valence-corrected chi connectivity index (χ3v) is 5.74. The molecular weight excluding hydrogens is 350 g/mol. The minimum atomic E-state index is 0.106. The SMILES string of the molecule is O=C(c1cc(Br)ccc1Cl)N1CCCC1C1CCCCC1. The zero-order valence-electron chi connectivity index (χ0n) is 12.2. The number of nitrogens with zero attached hydrogens (tertiary/aromatic N) is 1. The Labute approximate surface area is 140 Å². The molecule has 2 fully saturated rings. The molecule has 3 rings (SSSR count). The van der Waals surface area contributed by atoms with Crippen LogP contribution < -0.4 is 0 Å². The molecule has 1 atom stereocenters. The van der Waals surface area contributed by atoms with Crippen LogP contribution in [0.5, 0.6) is 0 Å². The number of carbonyl (C=O) groups is 1. The monoisotopic (exact) mass is 369 g/mol. The highest BCUT2D eigenvalue weighted by Crippen LogP contribution is 2.35. The lowest BCUT2D eigenvalue weighted by Gasteiger charge is -2.34. The van der Waals surface area contributed by atoms with Gasteiger partial charge in [-0.3, -0.25) is 4.79 Å². The molecule has 0 spiro atoms. The Kier molecular flexibility index (Phi) is 4.90. The Balaban J connectivity index is 1.80. The molecule has 4 heteroatoms. The molecule has 0 N–H and O–H groups in total. The van der Waals surface area contributed by atoms with Crippen LogP contribution in [0.25, 0.3) is 0 Å². The van der Waals surface area contributed by atoms with E-state index in [0.29, 0.717) is 22.5 Å². The summed E-state index contributed by atoms with van der Waals surface area (Å²) < 4.78 is 0.906. The number of rotatable bonds is 2. The van der Waals surface area contributed by atoms with E-state index in [2.05, 4.69) is 20.8 Å². The molecule has 1 amide bonds. The summed E-state index contributed by atoms with van der Waals surface area (Å²) in [6.45, 7) is 0.878. The number of hydrogen-bond acceptors (Lipinski definition) is 1. The van der Waals surface area contributed by atoms with Crippen LogP contribution in [0.1, 0.15) is 55.3 Å². The topological polar surface area (TPSA) is 20.3 Å². The number of amides is 1. The van der Waals surface area contributed by atoms with Gasteiger partial charge in [0.05, 0.1) is 10.6 Å². The van der Waals surface area contributed by atoms with Crippen LogP contribution in [0.2, 0.25) is 5.02 Å². The lowest BCUT2D eigenvalue weighted by Crippen LogP contribution is -2.40. The van der Waals surface area contributed by atoms with Gasteiger partial charge in [-0.05, 0) is 49.8 Å². The molecule has 21 heavy (non-hydrogen) atoms. The molecule has 1 heterocycles. The fourth-order valence-electron chi connectivity index (χ4n) is 3.87. The molecular formula is C17H21BrClNO. The van der Waals surface area contributed by atoms with Gasteiger partial charge in [-0.1, -0.05) is 46.8 Å². The van der Waals surface area contributed by atoms with Crippen molar-refractivity contribution in [3.05, 3.63) is 33.3 Å². The summed E-state index contributed by atoms with van der Waals surface area (Å²) >= 11 is 9.67. The van der Waals surface area contributed by atoms with E-state index in [4.69, 9.17) is 11.6 Å². The fourth-order valence-corrected chi connectivity index (χ4v) is 4.43. The first-order chi connectivity index (χ1) is 10.2. The zero-order valence-corrected chi connectivity index (χ0v) is 14.5. The molecule has 114 valence electrons. The molecule has 1 aliphatic heterocycles. The number of benzene rings is 1. The van der Waals surface area contributed by atoms with E-state index in [1.54, 1.807) is 6.07 Å². The number of halogens is 2. The van der Waals surface area contributed by atoms with Crippen molar-refractivity contribution in [2.45, 2.75) is 51.0 Å². The quantitative estimate of drug-likeness (QED) is 0.693. The highest BCUT2D eigenvalue weighted by Gasteiger charge is 2.36. The largest absolute Gasteiger partial charge is 0.335 e. The van der Waals surface area contributed by atoms with Gasteiger partial charge in [0.25, 0.3) is 5.91 Å². The normalized spacial score (nSPS) is 23.5. The van der Waals surface area contributed by atoms with Gasteiger partial charge in [-0.15, -0.1) is 0 Å². The van der Waals surface area contributed by atoms with Gasteiger partial charge in [0, 0.05) is 17.1 Å². The lowest BCUT2D eigenvalue weighted by atomic mass is 9.83. The summed E-state index contributed by atoms with van der Waals surface area (Å²) in [5, 5.41) is 0.553. The van der Waals surface area contributed by atoms with Gasteiger partial charge in [-0.2, -0.15) is 0 Å². The van der Waals surface area contributed by atoms with Crippen LogP contribution in [0.3, 0.4) is 0 Å². The summed E-state index contributed by atoms with van der Waals surface area (Å²) in [6, 6.07) is 5.94. The molecule has 2 aliphatic rings. The van der Waals surface area contributed by atoms with Crippen LogP contribution in [-0.4, -0.2) is 23.4 Å². The molecule has 2 nitrogen and oxygen atoms in total. The van der Waals surface area contributed by atoms with Crippen molar-refractivity contribution in [1.29, 1.82) is 0 Å². The van der Waals surface area contributed by atoms with Gasteiger partial charge in [-0.25, -0.2) is 0 Å². The van der Waals surface area contributed by atoms with E-state index in [0.717, 1.165) is 23.9 Å². The zero-order chi connectivity index (χ0) is 14.8. The van der Waals surface area contributed by atoms with Crippen molar-refractivity contribution in [2.75, 3.05) is 6.54 Å². The van der Waals surface area contributed by atoms with E-state index >= 15 is 0 Å². The molecule has 1 aromatic carbocycles. The highest BCUT2D eigenvalue weighted by atomic mass is 79.9. The molecule has 0 aromatic heterocycles. The summed E-state index contributed by atoms with van der Waals surface area (Å²) in [4.78, 5) is 15.0. The minimum absolute atomic E-state index is 0.106. The van der Waals surface area contributed by atoms with Gasteiger partial charge in [0.15, 0.2) is 0 Å². The maximum atomic E-state index is 12.9. The smallest absolute Gasteiger partial charge is 0.255 e. The first-order valence-corrected chi connectivity index (χ1v) is 9.10. The number of likely N-dealkylation sites (tertiary alicyclic amines) is 1. The molecule has 1 saturated heterocycles. The van der Waals surface area contributed by atoms with Gasteiger partial charge in [0.2, 0.25) is 0 Å². The van der Waals surface area contributed by atoms with E-state index < -0.39 is 0 Å². The van der Waals surface area contributed by atoms with Crippen molar-refractivity contribution in [3.63, 3.8) is 0 Å². The van der Waals surface area contributed by atoms with Gasteiger partial charge in [0.1, 0.15) is 0 Å². The Morgan fingerprint density at radius 3 is 2.67 bits per heavy atom. The first kappa shape index (κ1) is 15.4. The summed E-state index contributed by atoms with van der Waals surface area (Å²) in [6.07, 6.45) is 8.83. The van der Waals surface area contributed by atoms with Gasteiger partial charge < -0.3 is 4.90 Å². The van der Waals surface area contributed by atoms with Gasteiger partial charge >= 0.3 is 0 Å². The lowest BCUT2D eigenvalue weighted by molar-refractivity contribution is 0.0661. The van der Waals surface area contributed by atoms with E-state index in [1.807, 2.05) is 12.1 Å². The summed E-state index contributed by atoms with van der Waals surface area (Å²) in [7, 11) is 0. The Bertz CT molecular complexity index is 528. The van der Waals surface area contributed by atoms with Crippen molar-refractivity contribution < 1.29 is 4.79 Å². The fraction of sp³-hybridized carbons (Fsp3) is 0.588. The minimum Gasteiger partial charge on any atom is -0.335 e. The third kappa shape index (κ3) is 3.29. The third-order valence-electron chi connectivity index (χ3n) is 4.91. The van der Waals surface area contributed by atoms with E-state index in [9.17, 15) is 4.79 Å². The van der Waals surface area contributed by atoms with Crippen molar-refractivity contribution >= 4 is 33.4 Å². The predicted molar refractivity (Wildman–Crippen MR) is 89.8 cm³/mol. The molecule has 0 radical (unpaired) electrons. The Morgan fingerprint density at radius 1 is 1.14 bits per heavy atom. The maximum Gasteiger partial charge on any atom is 0.255 e. The number of hydrogen-bond donors (Lipinski definition) is 0. The number of carbonyl (C=O) groups excluding carboxylic acids is 1. The maximum absolute atomic E-state index is 12.9. The van der Waals surface area contributed by atoms with Crippen molar-refractivity contribution in [2.24, 2.45) is 5.92 Å².